The van der Waals surface area contributed by atoms with Crippen molar-refractivity contribution in [3.05, 3.63) is 42.3 Å². The molecule has 0 spiro atoms. The Bertz CT molecular complexity index is 609. The van der Waals surface area contributed by atoms with E-state index in [0.717, 1.165) is 31.5 Å². The van der Waals surface area contributed by atoms with Gasteiger partial charge in [0.15, 0.2) is 5.69 Å². The van der Waals surface area contributed by atoms with E-state index in [-0.39, 0.29) is 5.91 Å². The van der Waals surface area contributed by atoms with Gasteiger partial charge >= 0.3 is 0 Å². The lowest BCUT2D eigenvalue weighted by molar-refractivity contribution is 0.0692. The number of likely N-dealkylation sites (tertiary alicyclic amines) is 1. The number of carbonyl (C=O) groups excluding carboxylic acids is 1. The molecule has 0 aliphatic carbocycles. The normalized spacial score (nSPS) is 18.7. The van der Waals surface area contributed by atoms with Crippen LogP contribution in [0.25, 0.3) is 11.5 Å². The lowest BCUT2D eigenvalue weighted by atomic mass is 10.1. The fraction of sp³-hybridized carbons (Fsp3) is 0.375. The Morgan fingerprint density at radius 2 is 2.19 bits per heavy atom. The summed E-state index contributed by atoms with van der Waals surface area (Å²) in [5.74, 6) is 0.432. The fourth-order valence-corrected chi connectivity index (χ4v) is 2.64. The predicted molar refractivity (Wildman–Crippen MR) is 79.9 cm³/mol. The maximum atomic E-state index is 12.5. The van der Waals surface area contributed by atoms with Crippen molar-refractivity contribution < 1.29 is 9.21 Å². The van der Waals surface area contributed by atoms with Crippen LogP contribution >= 0.6 is 0 Å². The van der Waals surface area contributed by atoms with Crippen molar-refractivity contribution in [2.24, 2.45) is 0 Å². The van der Waals surface area contributed by atoms with Crippen molar-refractivity contribution in [3.63, 3.8) is 0 Å². The average Bonchev–Trinajstić information content (AvgIpc) is 3.05. The molecule has 1 amide bonds. The third-order valence-corrected chi connectivity index (χ3v) is 3.86. The molecule has 1 aromatic heterocycles. The molecular formula is C16H19N3O2. The van der Waals surface area contributed by atoms with Gasteiger partial charge in [-0.3, -0.25) is 4.79 Å². The van der Waals surface area contributed by atoms with E-state index >= 15 is 0 Å². The minimum absolute atomic E-state index is 0.0547. The molecule has 5 heteroatoms. The second-order valence-corrected chi connectivity index (χ2v) is 5.28. The Morgan fingerprint density at radius 1 is 1.38 bits per heavy atom. The van der Waals surface area contributed by atoms with Gasteiger partial charge in [0, 0.05) is 24.7 Å². The molecule has 1 aromatic carbocycles. The molecule has 110 valence electrons. The summed E-state index contributed by atoms with van der Waals surface area (Å²) < 4.78 is 5.44. The summed E-state index contributed by atoms with van der Waals surface area (Å²) in [4.78, 5) is 18.7. The molecule has 1 aliphatic heterocycles. The molecule has 1 unspecified atom stereocenters. The summed E-state index contributed by atoms with van der Waals surface area (Å²) in [5.41, 5.74) is 1.26. The van der Waals surface area contributed by atoms with Crippen LogP contribution in [0.2, 0.25) is 0 Å². The molecule has 1 aliphatic rings. The van der Waals surface area contributed by atoms with Gasteiger partial charge in [-0.05, 0) is 32.0 Å². The number of nitrogens with one attached hydrogen (secondary N) is 1. The first-order valence-electron chi connectivity index (χ1n) is 7.25. The number of benzene rings is 1. The minimum atomic E-state index is -0.0547. The maximum absolute atomic E-state index is 12.5. The van der Waals surface area contributed by atoms with E-state index in [1.54, 1.807) is 0 Å². The lowest BCUT2D eigenvalue weighted by Gasteiger charge is -2.31. The smallest absolute Gasteiger partial charge is 0.275 e. The zero-order valence-corrected chi connectivity index (χ0v) is 12.1. The zero-order chi connectivity index (χ0) is 14.7. The van der Waals surface area contributed by atoms with Crippen LogP contribution in [0, 0.1) is 0 Å². The number of nitrogens with zero attached hydrogens (tertiary/aromatic N) is 2. The Morgan fingerprint density at radius 3 is 2.95 bits per heavy atom. The topological polar surface area (TPSA) is 58.4 Å². The first-order valence-corrected chi connectivity index (χ1v) is 7.25. The van der Waals surface area contributed by atoms with Gasteiger partial charge in [-0.1, -0.05) is 18.2 Å². The quantitative estimate of drug-likeness (QED) is 0.939. The lowest BCUT2D eigenvalue weighted by Crippen LogP contribution is -2.47. The van der Waals surface area contributed by atoms with Crippen LogP contribution in [0.15, 0.2) is 41.0 Å². The van der Waals surface area contributed by atoms with E-state index < -0.39 is 0 Å². The summed E-state index contributed by atoms with van der Waals surface area (Å²) in [7, 11) is 1.93. The van der Waals surface area contributed by atoms with Crippen LogP contribution in [-0.2, 0) is 0 Å². The summed E-state index contributed by atoms with van der Waals surface area (Å²) in [6, 6.07) is 9.97. The number of oxazole rings is 1. The molecule has 3 rings (SSSR count). The SMILES string of the molecule is CNC1CCCN(C(=O)c2coc(-c3ccccc3)n2)C1. The second-order valence-electron chi connectivity index (χ2n) is 5.28. The monoisotopic (exact) mass is 285 g/mol. The Kier molecular flexibility index (Phi) is 4.01. The first-order chi connectivity index (χ1) is 10.3. The fourth-order valence-electron chi connectivity index (χ4n) is 2.64. The standard InChI is InChI=1S/C16H19N3O2/c1-17-13-8-5-9-19(10-13)16(20)14-11-21-15(18-14)12-6-3-2-4-7-12/h2-4,6-7,11,13,17H,5,8-10H2,1H3. The first kappa shape index (κ1) is 13.8. The van der Waals surface area contributed by atoms with Gasteiger partial charge in [-0.15, -0.1) is 0 Å². The van der Waals surface area contributed by atoms with E-state index in [1.807, 2.05) is 42.3 Å². The van der Waals surface area contributed by atoms with Crippen molar-refractivity contribution in [3.8, 4) is 11.5 Å². The van der Waals surface area contributed by atoms with Crippen molar-refractivity contribution in [2.75, 3.05) is 20.1 Å². The number of aromatic nitrogens is 1. The molecule has 1 saturated heterocycles. The third-order valence-electron chi connectivity index (χ3n) is 3.86. The van der Waals surface area contributed by atoms with E-state index in [9.17, 15) is 4.79 Å². The molecule has 2 heterocycles. The van der Waals surface area contributed by atoms with Crippen LogP contribution in [0.1, 0.15) is 23.3 Å². The molecule has 1 atom stereocenters. The van der Waals surface area contributed by atoms with Crippen LogP contribution < -0.4 is 5.32 Å². The third kappa shape index (κ3) is 2.97. The number of piperidine rings is 1. The molecular weight excluding hydrogens is 266 g/mol. The molecule has 0 bridgehead atoms. The van der Waals surface area contributed by atoms with Gasteiger partial charge in [0.25, 0.3) is 5.91 Å². The molecule has 21 heavy (non-hydrogen) atoms. The summed E-state index contributed by atoms with van der Waals surface area (Å²) in [6.45, 7) is 1.51. The van der Waals surface area contributed by atoms with Crippen molar-refractivity contribution in [2.45, 2.75) is 18.9 Å². The van der Waals surface area contributed by atoms with Gasteiger partial charge in [-0.2, -0.15) is 0 Å². The van der Waals surface area contributed by atoms with Gasteiger partial charge < -0.3 is 14.6 Å². The van der Waals surface area contributed by atoms with Gasteiger partial charge in [-0.25, -0.2) is 4.98 Å². The largest absolute Gasteiger partial charge is 0.444 e. The number of hydrogen-bond donors (Lipinski definition) is 1. The number of rotatable bonds is 3. The highest BCUT2D eigenvalue weighted by Gasteiger charge is 2.25. The molecule has 0 radical (unpaired) electrons. The molecule has 2 aromatic rings. The second kappa shape index (κ2) is 6.10. The van der Waals surface area contributed by atoms with Crippen LogP contribution in [0.5, 0.6) is 0 Å². The Hall–Kier alpha value is -2.14. The average molecular weight is 285 g/mol. The van der Waals surface area contributed by atoms with E-state index in [0.29, 0.717) is 17.6 Å². The van der Waals surface area contributed by atoms with Gasteiger partial charge in [0.05, 0.1) is 0 Å². The van der Waals surface area contributed by atoms with Crippen molar-refractivity contribution in [1.29, 1.82) is 0 Å². The van der Waals surface area contributed by atoms with Gasteiger partial charge in [0.2, 0.25) is 5.89 Å². The number of carbonyl (C=O) groups is 1. The van der Waals surface area contributed by atoms with Gasteiger partial charge in [0.1, 0.15) is 6.26 Å². The van der Waals surface area contributed by atoms with Crippen LogP contribution in [0.4, 0.5) is 0 Å². The Labute approximate surface area is 124 Å². The van der Waals surface area contributed by atoms with Crippen LogP contribution in [0.3, 0.4) is 0 Å². The summed E-state index contributed by atoms with van der Waals surface area (Å²) >= 11 is 0. The summed E-state index contributed by atoms with van der Waals surface area (Å²) in [6.07, 6.45) is 3.57. The Balaban J connectivity index is 1.75. The highest BCUT2D eigenvalue weighted by molar-refractivity contribution is 5.92. The number of amides is 1. The molecule has 5 nitrogen and oxygen atoms in total. The van der Waals surface area contributed by atoms with Crippen LogP contribution in [-0.4, -0.2) is 42.0 Å². The molecule has 1 fully saturated rings. The van der Waals surface area contributed by atoms with Crippen molar-refractivity contribution >= 4 is 5.91 Å². The zero-order valence-electron chi connectivity index (χ0n) is 12.1. The van der Waals surface area contributed by atoms with E-state index in [1.165, 1.54) is 6.26 Å². The number of likely N-dealkylation sites (N-methyl/N-ethyl adjacent to an activating group) is 1. The number of hydrogen-bond acceptors (Lipinski definition) is 4. The minimum Gasteiger partial charge on any atom is -0.444 e. The highest BCUT2D eigenvalue weighted by Crippen LogP contribution is 2.20. The molecule has 0 saturated carbocycles. The maximum Gasteiger partial charge on any atom is 0.275 e. The van der Waals surface area contributed by atoms with E-state index in [2.05, 4.69) is 10.3 Å². The highest BCUT2D eigenvalue weighted by atomic mass is 16.3. The van der Waals surface area contributed by atoms with Crippen molar-refractivity contribution in [1.82, 2.24) is 15.2 Å². The predicted octanol–water partition coefficient (Wildman–Crippen LogP) is 2.17. The molecule has 1 N–H and O–H groups in total. The summed E-state index contributed by atoms with van der Waals surface area (Å²) in [5, 5.41) is 3.23. The van der Waals surface area contributed by atoms with E-state index in [4.69, 9.17) is 4.42 Å².